The van der Waals surface area contributed by atoms with E-state index in [2.05, 4.69) is 26.1 Å². The lowest BCUT2D eigenvalue weighted by Crippen LogP contribution is -2.41. The topological polar surface area (TPSA) is 84.9 Å². The average Bonchev–Trinajstić information content (AvgIpc) is 2.70. The molecule has 31 heavy (non-hydrogen) atoms. The minimum atomic E-state index is -3.74. The van der Waals surface area contributed by atoms with E-state index in [1.807, 2.05) is 31.2 Å². The Hall–Kier alpha value is -2.74. The zero-order valence-corrected chi connectivity index (χ0v) is 20.0. The van der Waals surface area contributed by atoms with Gasteiger partial charge in [-0.15, -0.1) is 0 Å². The predicted molar refractivity (Wildman–Crippen MR) is 123 cm³/mol. The monoisotopic (exact) mass is 448 g/mol. The summed E-state index contributed by atoms with van der Waals surface area (Å²) in [7, 11) is -0.798. The maximum atomic E-state index is 12.7. The molecule has 7 nitrogen and oxygen atoms in total. The molecule has 1 atom stereocenters. The maximum Gasteiger partial charge on any atom is 0.241 e. The van der Waals surface area contributed by atoms with Crippen LogP contribution in [0.2, 0.25) is 0 Å². The molecule has 1 N–H and O–H groups in total. The highest BCUT2D eigenvalue weighted by atomic mass is 32.2. The van der Waals surface area contributed by atoms with Crippen molar-refractivity contribution < 1.29 is 22.7 Å². The SMILES string of the molecule is COc1ccc(N(CC(=O)N[C@H](C)c2ccc(C(C)(C)C)cc2)S(C)(=O)=O)c(OC)c1. The third-order valence-corrected chi connectivity index (χ3v) is 6.12. The molecule has 0 spiro atoms. The molecule has 0 bridgehead atoms. The number of carbonyl (C=O) groups excluding carboxylic acids is 1. The van der Waals surface area contributed by atoms with E-state index in [0.717, 1.165) is 16.1 Å². The van der Waals surface area contributed by atoms with Crippen LogP contribution in [0.15, 0.2) is 42.5 Å². The first-order valence-electron chi connectivity index (χ1n) is 9.96. The maximum absolute atomic E-state index is 12.7. The van der Waals surface area contributed by atoms with E-state index in [-0.39, 0.29) is 23.7 Å². The van der Waals surface area contributed by atoms with Crippen molar-refractivity contribution in [1.82, 2.24) is 5.32 Å². The van der Waals surface area contributed by atoms with Gasteiger partial charge in [0.25, 0.3) is 0 Å². The highest BCUT2D eigenvalue weighted by molar-refractivity contribution is 7.92. The van der Waals surface area contributed by atoms with Crippen molar-refractivity contribution in [1.29, 1.82) is 0 Å². The molecule has 0 aromatic heterocycles. The molecule has 170 valence electrons. The van der Waals surface area contributed by atoms with Gasteiger partial charge in [-0.2, -0.15) is 0 Å². The summed E-state index contributed by atoms with van der Waals surface area (Å²) >= 11 is 0. The zero-order chi connectivity index (χ0) is 23.4. The Kier molecular flexibility index (Phi) is 7.59. The van der Waals surface area contributed by atoms with Gasteiger partial charge in [-0.05, 0) is 35.6 Å². The van der Waals surface area contributed by atoms with E-state index < -0.39 is 15.9 Å². The molecule has 0 saturated heterocycles. The minimum Gasteiger partial charge on any atom is -0.497 e. The lowest BCUT2D eigenvalue weighted by Gasteiger charge is -2.25. The fourth-order valence-electron chi connectivity index (χ4n) is 3.14. The van der Waals surface area contributed by atoms with Crippen LogP contribution in [-0.4, -0.2) is 41.3 Å². The lowest BCUT2D eigenvalue weighted by molar-refractivity contribution is -0.120. The van der Waals surface area contributed by atoms with Crippen molar-refractivity contribution in [2.75, 3.05) is 31.3 Å². The highest BCUT2D eigenvalue weighted by Gasteiger charge is 2.25. The number of rotatable bonds is 8. The normalized spacial score (nSPS) is 12.7. The molecule has 0 aliphatic carbocycles. The fourth-order valence-corrected chi connectivity index (χ4v) is 4.00. The van der Waals surface area contributed by atoms with Crippen LogP contribution in [0.3, 0.4) is 0 Å². The number of ether oxygens (including phenoxy) is 2. The van der Waals surface area contributed by atoms with Crippen molar-refractivity contribution in [2.24, 2.45) is 0 Å². The molecule has 2 aromatic carbocycles. The first-order chi connectivity index (χ1) is 14.4. The number of amides is 1. The number of hydrogen-bond acceptors (Lipinski definition) is 5. The second kappa shape index (κ2) is 9.60. The van der Waals surface area contributed by atoms with Crippen LogP contribution in [0, 0.1) is 0 Å². The Balaban J connectivity index is 2.20. The van der Waals surface area contributed by atoms with Crippen molar-refractivity contribution in [3.8, 4) is 11.5 Å². The first-order valence-corrected chi connectivity index (χ1v) is 11.8. The van der Waals surface area contributed by atoms with Gasteiger partial charge in [0, 0.05) is 6.07 Å². The van der Waals surface area contributed by atoms with Gasteiger partial charge in [0.1, 0.15) is 18.0 Å². The second-order valence-electron chi connectivity index (χ2n) is 8.47. The quantitative estimate of drug-likeness (QED) is 0.666. The number of hydrogen-bond donors (Lipinski definition) is 1. The minimum absolute atomic E-state index is 0.0401. The first kappa shape index (κ1) is 24.5. The fraction of sp³-hybridized carbons (Fsp3) is 0.435. The summed E-state index contributed by atoms with van der Waals surface area (Å²) in [6, 6.07) is 12.5. The summed E-state index contributed by atoms with van der Waals surface area (Å²) in [5.74, 6) is 0.393. The smallest absolute Gasteiger partial charge is 0.241 e. The molecule has 0 radical (unpaired) electrons. The van der Waals surface area contributed by atoms with Crippen LogP contribution < -0.4 is 19.1 Å². The summed E-state index contributed by atoms with van der Waals surface area (Å²) in [5, 5.41) is 2.88. The predicted octanol–water partition coefficient (Wildman–Crippen LogP) is 3.64. The molecule has 1 amide bonds. The number of carbonyl (C=O) groups is 1. The highest BCUT2D eigenvalue weighted by Crippen LogP contribution is 2.33. The van der Waals surface area contributed by atoms with Crippen molar-refractivity contribution in [3.63, 3.8) is 0 Å². The van der Waals surface area contributed by atoms with E-state index in [0.29, 0.717) is 11.5 Å². The Morgan fingerprint density at radius 3 is 2.16 bits per heavy atom. The van der Waals surface area contributed by atoms with E-state index >= 15 is 0 Å². The van der Waals surface area contributed by atoms with E-state index in [1.54, 1.807) is 18.2 Å². The third-order valence-electron chi connectivity index (χ3n) is 5.00. The summed E-state index contributed by atoms with van der Waals surface area (Å²) in [5.41, 5.74) is 2.44. The molecular formula is C23H32N2O5S. The Morgan fingerprint density at radius 1 is 1.06 bits per heavy atom. The molecule has 2 rings (SSSR count). The van der Waals surface area contributed by atoms with Gasteiger partial charge in [0.15, 0.2) is 0 Å². The van der Waals surface area contributed by atoms with Crippen molar-refractivity contribution in [3.05, 3.63) is 53.6 Å². The summed E-state index contributed by atoms with van der Waals surface area (Å²) < 4.78 is 36.4. The number of anilines is 1. The van der Waals surface area contributed by atoms with E-state index in [9.17, 15) is 13.2 Å². The van der Waals surface area contributed by atoms with Crippen LogP contribution >= 0.6 is 0 Å². The summed E-state index contributed by atoms with van der Waals surface area (Å²) in [6.45, 7) is 7.91. The van der Waals surface area contributed by atoms with Crippen LogP contribution in [0.1, 0.15) is 44.9 Å². The standard InChI is InChI=1S/C23H32N2O5S/c1-16(17-8-10-18(11-9-17)23(2,3)4)24-22(26)15-25(31(7,27)28)20-13-12-19(29-5)14-21(20)30-6/h8-14,16H,15H2,1-7H3,(H,24,26)/t16-/m1/s1. The molecule has 0 unspecified atom stereocenters. The molecular weight excluding hydrogens is 416 g/mol. The Bertz CT molecular complexity index is 1010. The van der Waals surface area contributed by atoms with Crippen LogP contribution in [0.4, 0.5) is 5.69 Å². The molecule has 0 heterocycles. The summed E-state index contributed by atoms with van der Waals surface area (Å²) in [4.78, 5) is 12.7. The van der Waals surface area contributed by atoms with Crippen LogP contribution in [0.25, 0.3) is 0 Å². The molecule has 0 aliphatic rings. The third kappa shape index (κ3) is 6.37. The molecule has 0 fully saturated rings. The molecule has 0 aliphatic heterocycles. The van der Waals surface area contributed by atoms with Gasteiger partial charge in [-0.25, -0.2) is 8.42 Å². The van der Waals surface area contributed by atoms with Gasteiger partial charge < -0.3 is 14.8 Å². The van der Waals surface area contributed by atoms with Crippen molar-refractivity contribution in [2.45, 2.75) is 39.2 Å². The molecule has 0 saturated carbocycles. The number of nitrogens with one attached hydrogen (secondary N) is 1. The number of methoxy groups -OCH3 is 2. The summed E-state index contributed by atoms with van der Waals surface area (Å²) in [6.07, 6.45) is 1.05. The lowest BCUT2D eigenvalue weighted by atomic mass is 9.86. The number of benzene rings is 2. The van der Waals surface area contributed by atoms with E-state index in [4.69, 9.17) is 9.47 Å². The van der Waals surface area contributed by atoms with Crippen LogP contribution in [0.5, 0.6) is 11.5 Å². The number of nitrogens with zero attached hydrogens (tertiary/aromatic N) is 1. The number of sulfonamides is 1. The van der Waals surface area contributed by atoms with Gasteiger partial charge >= 0.3 is 0 Å². The average molecular weight is 449 g/mol. The second-order valence-corrected chi connectivity index (χ2v) is 10.4. The van der Waals surface area contributed by atoms with Gasteiger partial charge in [-0.1, -0.05) is 45.0 Å². The Morgan fingerprint density at radius 2 is 1.68 bits per heavy atom. The van der Waals surface area contributed by atoms with Crippen LogP contribution in [-0.2, 0) is 20.2 Å². The van der Waals surface area contributed by atoms with Gasteiger partial charge in [-0.3, -0.25) is 9.10 Å². The van der Waals surface area contributed by atoms with Gasteiger partial charge in [0.05, 0.1) is 32.2 Å². The van der Waals surface area contributed by atoms with Gasteiger partial charge in [0.2, 0.25) is 15.9 Å². The Labute approximate surface area is 185 Å². The van der Waals surface area contributed by atoms with Crippen molar-refractivity contribution >= 4 is 21.6 Å². The molecule has 2 aromatic rings. The zero-order valence-electron chi connectivity index (χ0n) is 19.2. The van der Waals surface area contributed by atoms with E-state index in [1.165, 1.54) is 19.8 Å². The largest absolute Gasteiger partial charge is 0.497 e. The molecule has 8 heteroatoms.